The van der Waals surface area contributed by atoms with Crippen LogP contribution in [-0.4, -0.2) is 40.3 Å². The van der Waals surface area contributed by atoms with Gasteiger partial charge in [-0.3, -0.25) is 9.10 Å². The van der Waals surface area contributed by atoms with Crippen LogP contribution >= 0.6 is 0 Å². The molecule has 128 valence electrons. The molecule has 0 saturated heterocycles. The van der Waals surface area contributed by atoms with Crippen molar-refractivity contribution in [2.24, 2.45) is 0 Å². The summed E-state index contributed by atoms with van der Waals surface area (Å²) in [4.78, 5) is 11.6. The Morgan fingerprint density at radius 1 is 1.39 bits per heavy atom. The highest BCUT2D eigenvalue weighted by atomic mass is 32.2. The van der Waals surface area contributed by atoms with Crippen LogP contribution in [0.3, 0.4) is 0 Å². The number of hydrogen-bond donors (Lipinski definition) is 1. The number of amides is 1. The van der Waals surface area contributed by atoms with Gasteiger partial charge in [0, 0.05) is 19.5 Å². The molecule has 0 aliphatic rings. The molecular formula is C16H24N2O4S. The van der Waals surface area contributed by atoms with Crippen LogP contribution in [0.5, 0.6) is 5.75 Å². The molecule has 0 aliphatic carbocycles. The Bertz CT molecular complexity index is 629. The number of carbonyl (C=O) groups excluding carboxylic acids is 1. The van der Waals surface area contributed by atoms with Crippen LogP contribution in [0, 0.1) is 0 Å². The maximum absolute atomic E-state index is 12.1. The van der Waals surface area contributed by atoms with Crippen molar-refractivity contribution in [2.45, 2.75) is 19.8 Å². The zero-order valence-electron chi connectivity index (χ0n) is 13.6. The smallest absolute Gasteiger partial charge is 0.232 e. The quantitative estimate of drug-likeness (QED) is 0.661. The summed E-state index contributed by atoms with van der Waals surface area (Å²) in [5, 5.41) is 2.67. The molecule has 1 rings (SSSR count). The van der Waals surface area contributed by atoms with Gasteiger partial charge >= 0.3 is 0 Å². The minimum Gasteiger partial charge on any atom is -0.492 e. The van der Waals surface area contributed by atoms with Gasteiger partial charge in [-0.15, -0.1) is 6.58 Å². The van der Waals surface area contributed by atoms with E-state index in [0.717, 1.165) is 6.26 Å². The number of anilines is 1. The molecule has 6 nitrogen and oxygen atoms in total. The van der Waals surface area contributed by atoms with Gasteiger partial charge in [0.05, 0.1) is 18.6 Å². The summed E-state index contributed by atoms with van der Waals surface area (Å²) in [5.74, 6) is 0.382. The topological polar surface area (TPSA) is 75.7 Å². The maximum Gasteiger partial charge on any atom is 0.232 e. The third kappa shape index (κ3) is 6.32. The van der Waals surface area contributed by atoms with Crippen molar-refractivity contribution in [3.05, 3.63) is 36.9 Å². The predicted octanol–water partition coefficient (Wildman–Crippen LogP) is 1.93. The summed E-state index contributed by atoms with van der Waals surface area (Å²) in [6, 6.07) is 6.97. The first kappa shape index (κ1) is 19.0. The fraction of sp³-hybridized carbons (Fsp3) is 0.438. The van der Waals surface area contributed by atoms with Crippen LogP contribution in [-0.2, 0) is 14.8 Å². The van der Waals surface area contributed by atoms with E-state index in [2.05, 4.69) is 11.9 Å². The largest absolute Gasteiger partial charge is 0.492 e. The maximum atomic E-state index is 12.1. The molecule has 0 unspecified atom stereocenters. The SMILES string of the molecule is C=CCNC(=O)CCCN(c1ccccc1OCC)S(C)(=O)=O. The van der Waals surface area contributed by atoms with Crippen molar-refractivity contribution >= 4 is 21.6 Å². The van der Waals surface area contributed by atoms with Gasteiger partial charge in [-0.1, -0.05) is 18.2 Å². The number of benzene rings is 1. The van der Waals surface area contributed by atoms with Crippen LogP contribution < -0.4 is 14.4 Å². The van der Waals surface area contributed by atoms with E-state index in [1.165, 1.54) is 4.31 Å². The van der Waals surface area contributed by atoms with Gasteiger partial charge in [0.25, 0.3) is 0 Å². The van der Waals surface area contributed by atoms with Crippen molar-refractivity contribution in [2.75, 3.05) is 30.3 Å². The van der Waals surface area contributed by atoms with Gasteiger partial charge in [0.15, 0.2) is 0 Å². The molecule has 0 radical (unpaired) electrons. The lowest BCUT2D eigenvalue weighted by molar-refractivity contribution is -0.120. The van der Waals surface area contributed by atoms with Crippen molar-refractivity contribution in [3.8, 4) is 5.75 Å². The molecular weight excluding hydrogens is 316 g/mol. The number of hydrogen-bond acceptors (Lipinski definition) is 4. The predicted molar refractivity (Wildman–Crippen MR) is 92.2 cm³/mol. The Labute approximate surface area is 138 Å². The van der Waals surface area contributed by atoms with E-state index >= 15 is 0 Å². The molecule has 0 bridgehead atoms. The summed E-state index contributed by atoms with van der Waals surface area (Å²) in [6.45, 7) is 6.42. The van der Waals surface area contributed by atoms with Crippen molar-refractivity contribution in [1.82, 2.24) is 5.32 Å². The summed E-state index contributed by atoms with van der Waals surface area (Å²) < 4.78 is 31.0. The van der Waals surface area contributed by atoms with Gasteiger partial charge in [-0.25, -0.2) is 8.42 Å². The molecule has 1 aromatic carbocycles. The number of nitrogens with zero attached hydrogens (tertiary/aromatic N) is 1. The van der Waals surface area contributed by atoms with Gasteiger partial charge in [-0.2, -0.15) is 0 Å². The van der Waals surface area contributed by atoms with Crippen molar-refractivity contribution in [3.63, 3.8) is 0 Å². The molecule has 23 heavy (non-hydrogen) atoms. The number of rotatable bonds is 10. The number of nitrogens with one attached hydrogen (secondary N) is 1. The highest BCUT2D eigenvalue weighted by molar-refractivity contribution is 7.92. The Kier molecular flexibility index (Phi) is 7.61. The van der Waals surface area contributed by atoms with Crippen LogP contribution in [0.25, 0.3) is 0 Å². The fourth-order valence-electron chi connectivity index (χ4n) is 2.06. The number of sulfonamides is 1. The molecule has 0 aromatic heterocycles. The lowest BCUT2D eigenvalue weighted by Gasteiger charge is -2.24. The highest BCUT2D eigenvalue weighted by Gasteiger charge is 2.20. The second kappa shape index (κ2) is 9.19. The number of para-hydroxylation sites is 2. The minimum atomic E-state index is -3.47. The van der Waals surface area contributed by atoms with E-state index < -0.39 is 10.0 Å². The zero-order chi connectivity index (χ0) is 17.3. The monoisotopic (exact) mass is 340 g/mol. The average Bonchev–Trinajstić information content (AvgIpc) is 2.49. The van der Waals surface area contributed by atoms with E-state index in [1.807, 2.05) is 6.92 Å². The molecule has 0 aliphatic heterocycles. The first-order valence-electron chi connectivity index (χ1n) is 7.47. The van der Waals surface area contributed by atoms with Crippen LogP contribution in [0.1, 0.15) is 19.8 Å². The summed E-state index contributed by atoms with van der Waals surface area (Å²) >= 11 is 0. The Balaban J connectivity index is 2.83. The third-order valence-electron chi connectivity index (χ3n) is 3.04. The highest BCUT2D eigenvalue weighted by Crippen LogP contribution is 2.30. The Morgan fingerprint density at radius 2 is 2.09 bits per heavy atom. The van der Waals surface area contributed by atoms with E-state index in [0.29, 0.717) is 31.0 Å². The number of ether oxygens (including phenoxy) is 1. The first-order chi connectivity index (χ1) is 10.9. The van der Waals surface area contributed by atoms with E-state index in [1.54, 1.807) is 30.3 Å². The first-order valence-corrected chi connectivity index (χ1v) is 9.32. The van der Waals surface area contributed by atoms with Gasteiger partial charge in [-0.05, 0) is 25.5 Å². The van der Waals surface area contributed by atoms with Gasteiger partial charge in [0.2, 0.25) is 15.9 Å². The molecule has 0 atom stereocenters. The van der Waals surface area contributed by atoms with Crippen LogP contribution in [0.15, 0.2) is 36.9 Å². The molecule has 1 amide bonds. The molecule has 1 aromatic rings. The molecule has 0 saturated carbocycles. The minimum absolute atomic E-state index is 0.128. The van der Waals surface area contributed by atoms with Gasteiger partial charge < -0.3 is 10.1 Å². The molecule has 1 N–H and O–H groups in total. The lowest BCUT2D eigenvalue weighted by Crippen LogP contribution is -2.32. The van der Waals surface area contributed by atoms with E-state index in [9.17, 15) is 13.2 Å². The Hall–Kier alpha value is -2.02. The van der Waals surface area contributed by atoms with Crippen LogP contribution in [0.4, 0.5) is 5.69 Å². The lowest BCUT2D eigenvalue weighted by atomic mass is 10.2. The standard InChI is InChI=1S/C16H24N2O4S/c1-4-12-17-16(19)11-8-13-18(23(3,20)21)14-9-6-7-10-15(14)22-5-2/h4,6-7,9-10H,1,5,8,11-13H2,2-3H3,(H,17,19). The fourth-order valence-corrected chi connectivity index (χ4v) is 3.03. The normalized spacial score (nSPS) is 10.9. The second-order valence-electron chi connectivity index (χ2n) is 4.93. The second-order valence-corrected chi connectivity index (χ2v) is 6.84. The van der Waals surface area contributed by atoms with Crippen molar-refractivity contribution < 1.29 is 17.9 Å². The third-order valence-corrected chi connectivity index (χ3v) is 4.22. The molecule has 0 spiro atoms. The van der Waals surface area contributed by atoms with E-state index in [-0.39, 0.29) is 18.9 Å². The van der Waals surface area contributed by atoms with E-state index in [4.69, 9.17) is 4.74 Å². The van der Waals surface area contributed by atoms with Crippen LogP contribution in [0.2, 0.25) is 0 Å². The summed E-state index contributed by atoms with van der Waals surface area (Å²) in [7, 11) is -3.47. The Morgan fingerprint density at radius 3 is 2.70 bits per heavy atom. The molecule has 0 fully saturated rings. The molecule has 7 heteroatoms. The zero-order valence-corrected chi connectivity index (χ0v) is 14.4. The molecule has 0 heterocycles. The van der Waals surface area contributed by atoms with Gasteiger partial charge in [0.1, 0.15) is 5.75 Å². The summed E-state index contributed by atoms with van der Waals surface area (Å²) in [6.07, 6.45) is 3.40. The summed E-state index contributed by atoms with van der Waals surface area (Å²) in [5.41, 5.74) is 0.489. The average molecular weight is 340 g/mol. The van der Waals surface area contributed by atoms with Crippen molar-refractivity contribution in [1.29, 1.82) is 0 Å². The number of carbonyl (C=O) groups is 1.